The van der Waals surface area contributed by atoms with Gasteiger partial charge in [-0.3, -0.25) is 4.79 Å². The van der Waals surface area contributed by atoms with E-state index in [9.17, 15) is 9.59 Å². The van der Waals surface area contributed by atoms with Gasteiger partial charge in [-0.1, -0.05) is 12.1 Å². The number of rotatable bonds is 4. The molecule has 1 N–H and O–H groups in total. The number of allylic oxidation sites excluding steroid dienone is 3. The molecule has 5 heteroatoms. The molecule has 0 unspecified atom stereocenters. The Morgan fingerprint density at radius 1 is 1.32 bits per heavy atom. The van der Waals surface area contributed by atoms with E-state index in [1.54, 1.807) is 0 Å². The number of ether oxygens (including phenoxy) is 2. The number of esters is 1. The molecule has 1 atom stereocenters. The summed E-state index contributed by atoms with van der Waals surface area (Å²) >= 11 is 0. The van der Waals surface area contributed by atoms with Crippen molar-refractivity contribution in [3.8, 4) is 5.75 Å². The van der Waals surface area contributed by atoms with E-state index >= 15 is 0 Å². The number of hydrogen-bond acceptors (Lipinski definition) is 5. The van der Waals surface area contributed by atoms with Crippen LogP contribution >= 0.6 is 0 Å². The average molecular weight is 341 g/mol. The summed E-state index contributed by atoms with van der Waals surface area (Å²) in [6, 6.07) is 7.60. The van der Waals surface area contributed by atoms with Crippen molar-refractivity contribution in [3.63, 3.8) is 0 Å². The second-order valence-electron chi connectivity index (χ2n) is 6.26. The molecular formula is C20H23NO4. The van der Waals surface area contributed by atoms with Gasteiger partial charge in [0, 0.05) is 29.3 Å². The average Bonchev–Trinajstić information content (AvgIpc) is 2.60. The SMILES string of the molecule is CCOc1cccc([C@H]2C(C(=O)OC)=C(C)NC3=C2C(=O)CCC3)c1. The minimum Gasteiger partial charge on any atom is -0.494 e. The smallest absolute Gasteiger partial charge is 0.336 e. The van der Waals surface area contributed by atoms with Crippen molar-refractivity contribution in [2.24, 2.45) is 0 Å². The van der Waals surface area contributed by atoms with Crippen LogP contribution in [-0.2, 0) is 14.3 Å². The Bertz CT molecular complexity index is 776. The summed E-state index contributed by atoms with van der Waals surface area (Å²) in [5, 5.41) is 3.26. The van der Waals surface area contributed by atoms with Crippen LogP contribution in [0.2, 0.25) is 0 Å². The maximum atomic E-state index is 12.7. The number of methoxy groups -OCH3 is 1. The van der Waals surface area contributed by atoms with Gasteiger partial charge >= 0.3 is 5.97 Å². The molecule has 0 saturated carbocycles. The molecule has 0 fully saturated rings. The summed E-state index contributed by atoms with van der Waals surface area (Å²) < 4.78 is 10.6. The molecule has 1 aliphatic heterocycles. The zero-order valence-corrected chi connectivity index (χ0v) is 14.8. The van der Waals surface area contributed by atoms with Gasteiger partial charge in [0.2, 0.25) is 0 Å². The largest absolute Gasteiger partial charge is 0.494 e. The fraction of sp³-hybridized carbons (Fsp3) is 0.400. The molecule has 1 aromatic rings. The van der Waals surface area contributed by atoms with E-state index in [4.69, 9.17) is 9.47 Å². The van der Waals surface area contributed by atoms with Crippen LogP contribution in [0.5, 0.6) is 5.75 Å². The molecule has 2 aliphatic rings. The normalized spacial score (nSPS) is 20.1. The molecule has 25 heavy (non-hydrogen) atoms. The molecule has 1 aliphatic carbocycles. The lowest BCUT2D eigenvalue weighted by Gasteiger charge is -2.34. The second-order valence-corrected chi connectivity index (χ2v) is 6.26. The van der Waals surface area contributed by atoms with E-state index in [1.165, 1.54) is 7.11 Å². The summed E-state index contributed by atoms with van der Waals surface area (Å²) in [5.41, 5.74) is 3.71. The highest BCUT2D eigenvalue weighted by Gasteiger charge is 2.38. The van der Waals surface area contributed by atoms with Crippen LogP contribution in [0.3, 0.4) is 0 Å². The Morgan fingerprint density at radius 3 is 2.84 bits per heavy atom. The third-order valence-corrected chi connectivity index (χ3v) is 4.68. The number of ketones is 1. The van der Waals surface area contributed by atoms with Gasteiger partial charge in [-0.15, -0.1) is 0 Å². The van der Waals surface area contributed by atoms with Crippen LogP contribution in [0.1, 0.15) is 44.6 Å². The van der Waals surface area contributed by atoms with Gasteiger partial charge in [-0.2, -0.15) is 0 Å². The summed E-state index contributed by atoms with van der Waals surface area (Å²) in [5.74, 6) is -0.0149. The molecule has 0 saturated heterocycles. The standard InChI is InChI=1S/C20H23NO4/c1-4-25-14-8-5-7-13(11-14)18-17(20(23)24-3)12(2)21-15-9-6-10-16(22)19(15)18/h5,7-8,11,18,21H,4,6,9-10H2,1-3H3/t18-/m0/s1. The highest BCUT2D eigenvalue weighted by atomic mass is 16.5. The summed E-state index contributed by atoms with van der Waals surface area (Å²) in [6.45, 7) is 4.34. The summed E-state index contributed by atoms with van der Waals surface area (Å²) in [4.78, 5) is 25.1. The van der Waals surface area contributed by atoms with E-state index in [-0.39, 0.29) is 5.78 Å². The molecule has 0 bridgehead atoms. The minimum absolute atomic E-state index is 0.0921. The number of carbonyl (C=O) groups excluding carboxylic acids is 2. The van der Waals surface area contributed by atoms with E-state index in [1.807, 2.05) is 38.1 Å². The lowest BCUT2D eigenvalue weighted by atomic mass is 9.75. The Balaban J connectivity index is 2.16. The first-order valence-electron chi connectivity index (χ1n) is 8.62. The topological polar surface area (TPSA) is 64.6 Å². The monoisotopic (exact) mass is 341 g/mol. The first-order valence-corrected chi connectivity index (χ1v) is 8.62. The predicted molar refractivity (Wildman–Crippen MR) is 94.1 cm³/mol. The van der Waals surface area contributed by atoms with Gasteiger partial charge in [0.25, 0.3) is 0 Å². The zero-order valence-electron chi connectivity index (χ0n) is 14.8. The van der Waals surface area contributed by atoms with Gasteiger partial charge in [0.05, 0.1) is 19.3 Å². The van der Waals surface area contributed by atoms with Crippen LogP contribution in [0, 0.1) is 0 Å². The first-order chi connectivity index (χ1) is 12.1. The van der Waals surface area contributed by atoms with Crippen molar-refractivity contribution in [1.82, 2.24) is 5.32 Å². The van der Waals surface area contributed by atoms with Crippen LogP contribution in [0.25, 0.3) is 0 Å². The van der Waals surface area contributed by atoms with Crippen molar-refractivity contribution in [2.45, 2.75) is 39.0 Å². The maximum Gasteiger partial charge on any atom is 0.336 e. The molecule has 132 valence electrons. The summed E-state index contributed by atoms with van der Waals surface area (Å²) in [7, 11) is 1.36. The highest BCUT2D eigenvalue weighted by Crippen LogP contribution is 2.43. The number of carbonyl (C=O) groups is 2. The number of benzene rings is 1. The zero-order chi connectivity index (χ0) is 18.0. The Kier molecular flexibility index (Phi) is 4.93. The van der Waals surface area contributed by atoms with Gasteiger partial charge in [0.15, 0.2) is 5.78 Å². The van der Waals surface area contributed by atoms with Crippen molar-refractivity contribution in [3.05, 3.63) is 52.4 Å². The van der Waals surface area contributed by atoms with Gasteiger partial charge < -0.3 is 14.8 Å². The molecule has 1 heterocycles. The van der Waals surface area contributed by atoms with E-state index in [0.717, 1.165) is 35.5 Å². The maximum absolute atomic E-state index is 12.7. The van der Waals surface area contributed by atoms with Crippen LogP contribution in [0.4, 0.5) is 0 Å². The quantitative estimate of drug-likeness (QED) is 0.852. The summed E-state index contributed by atoms with van der Waals surface area (Å²) in [6.07, 6.45) is 2.15. The third-order valence-electron chi connectivity index (χ3n) is 4.68. The molecule has 0 radical (unpaired) electrons. The molecule has 5 nitrogen and oxygen atoms in total. The third kappa shape index (κ3) is 3.18. The number of dihydropyridines is 1. The lowest BCUT2D eigenvalue weighted by Crippen LogP contribution is -2.34. The van der Waals surface area contributed by atoms with Crippen LogP contribution in [0.15, 0.2) is 46.8 Å². The molecule has 0 aromatic heterocycles. The fourth-order valence-electron chi connectivity index (χ4n) is 3.65. The van der Waals surface area contributed by atoms with E-state index in [0.29, 0.717) is 24.2 Å². The predicted octanol–water partition coefficient (Wildman–Crippen LogP) is 3.23. The Labute approximate surface area is 147 Å². The number of Topliss-reactive ketones (excluding diaryl/α,β-unsaturated/α-hetero) is 1. The molecular weight excluding hydrogens is 318 g/mol. The Morgan fingerprint density at radius 2 is 2.12 bits per heavy atom. The van der Waals surface area contributed by atoms with Crippen molar-refractivity contribution in [2.75, 3.05) is 13.7 Å². The minimum atomic E-state index is -0.420. The first kappa shape index (κ1) is 17.3. The van der Waals surface area contributed by atoms with E-state index < -0.39 is 11.9 Å². The van der Waals surface area contributed by atoms with Crippen LogP contribution < -0.4 is 10.1 Å². The van der Waals surface area contributed by atoms with E-state index in [2.05, 4.69) is 5.32 Å². The number of nitrogens with one attached hydrogen (secondary N) is 1. The van der Waals surface area contributed by atoms with Gasteiger partial charge in [-0.05, 0) is 44.4 Å². The lowest BCUT2D eigenvalue weighted by molar-refractivity contribution is -0.136. The number of hydrogen-bond donors (Lipinski definition) is 1. The van der Waals surface area contributed by atoms with Crippen molar-refractivity contribution in [1.29, 1.82) is 0 Å². The van der Waals surface area contributed by atoms with Crippen LogP contribution in [-0.4, -0.2) is 25.5 Å². The second kappa shape index (κ2) is 7.13. The fourth-order valence-corrected chi connectivity index (χ4v) is 3.65. The molecule has 0 spiro atoms. The van der Waals surface area contributed by atoms with Crippen molar-refractivity contribution < 1.29 is 19.1 Å². The Hall–Kier alpha value is -2.56. The molecule has 3 rings (SSSR count). The van der Waals surface area contributed by atoms with Crippen molar-refractivity contribution >= 4 is 11.8 Å². The van der Waals surface area contributed by atoms with Gasteiger partial charge in [0.1, 0.15) is 5.75 Å². The highest BCUT2D eigenvalue weighted by molar-refractivity contribution is 6.03. The molecule has 0 amide bonds. The van der Waals surface area contributed by atoms with Gasteiger partial charge in [-0.25, -0.2) is 4.79 Å². The molecule has 1 aromatic carbocycles.